The van der Waals surface area contributed by atoms with Crippen molar-refractivity contribution in [1.29, 1.82) is 0 Å². The molecule has 0 spiro atoms. The first-order chi connectivity index (χ1) is 11.2. The number of β-amino-alcohol motifs (C(OH)–C–C–N with tert-alkyl or cyclic N) is 1. The molecule has 0 aliphatic carbocycles. The Labute approximate surface area is 136 Å². The minimum atomic E-state index is -0.501. The predicted molar refractivity (Wildman–Crippen MR) is 89.0 cm³/mol. The molecule has 2 aromatic rings. The zero-order chi connectivity index (χ0) is 16.2. The predicted octanol–water partition coefficient (Wildman–Crippen LogP) is 2.31. The van der Waals surface area contributed by atoms with E-state index in [0.717, 1.165) is 11.1 Å². The second-order valence-corrected chi connectivity index (χ2v) is 5.96. The normalized spacial score (nSPS) is 20.7. The number of hydrogen-bond donors (Lipinski definition) is 2. The molecule has 2 N–H and O–H groups in total. The first-order valence-corrected chi connectivity index (χ1v) is 7.94. The van der Waals surface area contributed by atoms with E-state index in [1.807, 2.05) is 54.6 Å². The molecule has 1 amide bonds. The van der Waals surface area contributed by atoms with Gasteiger partial charge in [0.05, 0.1) is 6.10 Å². The van der Waals surface area contributed by atoms with E-state index < -0.39 is 6.10 Å². The SMILES string of the molecule is O=C(c1ccc(-c2ccccc2)cc1)N1C[C@H](O)C[C@H]1CCO. The number of carbonyl (C=O) groups excluding carboxylic acids is 1. The highest BCUT2D eigenvalue weighted by Crippen LogP contribution is 2.24. The molecule has 1 heterocycles. The summed E-state index contributed by atoms with van der Waals surface area (Å²) in [6.07, 6.45) is 0.540. The summed E-state index contributed by atoms with van der Waals surface area (Å²) in [7, 11) is 0. The van der Waals surface area contributed by atoms with Gasteiger partial charge in [0.25, 0.3) is 5.91 Å². The minimum absolute atomic E-state index is 0.0219. The van der Waals surface area contributed by atoms with E-state index in [0.29, 0.717) is 24.9 Å². The Morgan fingerprint density at radius 3 is 2.35 bits per heavy atom. The van der Waals surface area contributed by atoms with Crippen molar-refractivity contribution >= 4 is 5.91 Å². The molecule has 23 heavy (non-hydrogen) atoms. The summed E-state index contributed by atoms with van der Waals surface area (Å²) in [6.45, 7) is 0.359. The fourth-order valence-electron chi connectivity index (χ4n) is 3.17. The highest BCUT2D eigenvalue weighted by atomic mass is 16.3. The molecule has 120 valence electrons. The molecule has 0 radical (unpaired) electrons. The lowest BCUT2D eigenvalue weighted by Crippen LogP contribution is -2.36. The van der Waals surface area contributed by atoms with Gasteiger partial charge in [-0.1, -0.05) is 42.5 Å². The summed E-state index contributed by atoms with van der Waals surface area (Å²) in [5.41, 5.74) is 2.79. The van der Waals surface area contributed by atoms with Gasteiger partial charge in [-0.15, -0.1) is 0 Å². The molecule has 1 aliphatic rings. The average molecular weight is 311 g/mol. The Morgan fingerprint density at radius 1 is 1.04 bits per heavy atom. The first kappa shape index (κ1) is 15.7. The molecule has 0 bridgehead atoms. The second-order valence-electron chi connectivity index (χ2n) is 5.96. The third-order valence-corrected chi connectivity index (χ3v) is 4.35. The molecular formula is C19H21NO3. The Kier molecular flexibility index (Phi) is 4.74. The Hall–Kier alpha value is -2.17. The largest absolute Gasteiger partial charge is 0.396 e. The summed E-state index contributed by atoms with van der Waals surface area (Å²) < 4.78 is 0. The summed E-state index contributed by atoms with van der Waals surface area (Å²) >= 11 is 0. The third kappa shape index (κ3) is 3.44. The van der Waals surface area contributed by atoms with Crippen LogP contribution in [0.3, 0.4) is 0 Å². The van der Waals surface area contributed by atoms with Crippen LogP contribution in [-0.4, -0.2) is 46.3 Å². The zero-order valence-electron chi connectivity index (χ0n) is 12.9. The number of likely N-dealkylation sites (tertiary alicyclic amines) is 1. The molecule has 1 saturated heterocycles. The molecule has 4 nitrogen and oxygen atoms in total. The molecule has 2 atom stereocenters. The van der Waals surface area contributed by atoms with Gasteiger partial charge in [-0.05, 0) is 36.1 Å². The number of rotatable bonds is 4. The van der Waals surface area contributed by atoms with Crippen molar-refractivity contribution in [3.63, 3.8) is 0 Å². The first-order valence-electron chi connectivity index (χ1n) is 7.94. The van der Waals surface area contributed by atoms with E-state index in [-0.39, 0.29) is 18.6 Å². The van der Waals surface area contributed by atoms with Crippen LogP contribution in [0.2, 0.25) is 0 Å². The molecule has 1 fully saturated rings. The summed E-state index contributed by atoms with van der Waals surface area (Å²) in [4.78, 5) is 14.3. The van der Waals surface area contributed by atoms with E-state index in [1.54, 1.807) is 4.90 Å². The summed E-state index contributed by atoms with van der Waals surface area (Å²) in [6, 6.07) is 17.5. The number of benzene rings is 2. The topological polar surface area (TPSA) is 60.8 Å². The lowest BCUT2D eigenvalue weighted by molar-refractivity contribution is 0.0699. The number of aliphatic hydroxyl groups excluding tert-OH is 2. The van der Waals surface area contributed by atoms with Crippen LogP contribution in [-0.2, 0) is 0 Å². The summed E-state index contributed by atoms with van der Waals surface area (Å²) in [5.74, 6) is -0.0837. The van der Waals surface area contributed by atoms with Gasteiger partial charge in [0.15, 0.2) is 0 Å². The molecule has 4 heteroatoms. The molecule has 0 saturated carbocycles. The van der Waals surface area contributed by atoms with Crippen LogP contribution < -0.4 is 0 Å². The lowest BCUT2D eigenvalue weighted by atomic mass is 10.0. The maximum atomic E-state index is 12.7. The quantitative estimate of drug-likeness (QED) is 0.911. The van der Waals surface area contributed by atoms with Crippen LogP contribution in [0.25, 0.3) is 11.1 Å². The Balaban J connectivity index is 1.77. The van der Waals surface area contributed by atoms with Crippen molar-refractivity contribution in [3.8, 4) is 11.1 Å². The van der Waals surface area contributed by atoms with Crippen LogP contribution in [0.1, 0.15) is 23.2 Å². The van der Waals surface area contributed by atoms with Crippen molar-refractivity contribution in [2.24, 2.45) is 0 Å². The maximum Gasteiger partial charge on any atom is 0.254 e. The Morgan fingerprint density at radius 2 is 1.70 bits per heavy atom. The number of nitrogens with zero attached hydrogens (tertiary/aromatic N) is 1. The van der Waals surface area contributed by atoms with Crippen molar-refractivity contribution < 1.29 is 15.0 Å². The van der Waals surface area contributed by atoms with Crippen LogP contribution in [0, 0.1) is 0 Å². The fourth-order valence-corrected chi connectivity index (χ4v) is 3.17. The molecular weight excluding hydrogens is 290 g/mol. The van der Waals surface area contributed by atoms with Crippen LogP contribution in [0.15, 0.2) is 54.6 Å². The number of aliphatic hydroxyl groups is 2. The molecule has 3 rings (SSSR count). The number of hydrogen-bond acceptors (Lipinski definition) is 3. The van der Waals surface area contributed by atoms with Gasteiger partial charge in [0.1, 0.15) is 0 Å². The minimum Gasteiger partial charge on any atom is -0.396 e. The van der Waals surface area contributed by atoms with Gasteiger partial charge in [0, 0.05) is 24.8 Å². The van der Waals surface area contributed by atoms with Gasteiger partial charge in [0.2, 0.25) is 0 Å². The second kappa shape index (κ2) is 6.94. The van der Waals surface area contributed by atoms with Crippen molar-refractivity contribution in [1.82, 2.24) is 4.90 Å². The van der Waals surface area contributed by atoms with Crippen LogP contribution in [0.5, 0.6) is 0 Å². The molecule has 2 aromatic carbocycles. The van der Waals surface area contributed by atoms with E-state index in [1.165, 1.54) is 0 Å². The number of carbonyl (C=O) groups is 1. The van der Waals surface area contributed by atoms with Gasteiger partial charge in [-0.2, -0.15) is 0 Å². The van der Waals surface area contributed by atoms with E-state index in [9.17, 15) is 9.90 Å². The van der Waals surface area contributed by atoms with Crippen molar-refractivity contribution in [3.05, 3.63) is 60.2 Å². The van der Waals surface area contributed by atoms with E-state index >= 15 is 0 Å². The van der Waals surface area contributed by atoms with Crippen molar-refractivity contribution in [2.45, 2.75) is 25.0 Å². The van der Waals surface area contributed by atoms with Gasteiger partial charge < -0.3 is 15.1 Å². The lowest BCUT2D eigenvalue weighted by Gasteiger charge is -2.24. The fraction of sp³-hybridized carbons (Fsp3) is 0.316. The van der Waals surface area contributed by atoms with E-state index in [2.05, 4.69) is 0 Å². The average Bonchev–Trinajstić information content (AvgIpc) is 2.96. The third-order valence-electron chi connectivity index (χ3n) is 4.35. The molecule has 0 aromatic heterocycles. The highest BCUT2D eigenvalue weighted by Gasteiger charge is 2.34. The van der Waals surface area contributed by atoms with E-state index in [4.69, 9.17) is 5.11 Å². The van der Waals surface area contributed by atoms with Crippen LogP contribution in [0.4, 0.5) is 0 Å². The van der Waals surface area contributed by atoms with Gasteiger partial charge in [-0.3, -0.25) is 4.79 Å². The number of amides is 1. The zero-order valence-corrected chi connectivity index (χ0v) is 12.9. The van der Waals surface area contributed by atoms with Crippen LogP contribution >= 0.6 is 0 Å². The molecule has 1 aliphatic heterocycles. The molecule has 0 unspecified atom stereocenters. The Bertz CT molecular complexity index is 654. The highest BCUT2D eigenvalue weighted by molar-refractivity contribution is 5.95. The standard InChI is InChI=1S/C19H21NO3/c21-11-10-17-12-18(22)13-20(17)19(23)16-8-6-15(7-9-16)14-4-2-1-3-5-14/h1-9,17-18,21-22H,10-13H2/t17-,18-/m1/s1. The van der Waals surface area contributed by atoms with Crippen molar-refractivity contribution in [2.75, 3.05) is 13.2 Å². The summed E-state index contributed by atoms with van der Waals surface area (Å²) in [5, 5.41) is 18.9. The van der Waals surface area contributed by atoms with Gasteiger partial charge in [-0.25, -0.2) is 0 Å². The van der Waals surface area contributed by atoms with Gasteiger partial charge >= 0.3 is 0 Å². The monoisotopic (exact) mass is 311 g/mol. The maximum absolute atomic E-state index is 12.7. The smallest absolute Gasteiger partial charge is 0.254 e.